The predicted molar refractivity (Wildman–Crippen MR) is 115 cm³/mol. The summed E-state index contributed by atoms with van der Waals surface area (Å²) in [6.07, 6.45) is -3.18. The standard InChI is InChI=1S/C20H20ClN3O2.C2HF3O2/c1-13-11-23(12-14(2)26-13)20(25)19-22-18(15-6-5-7-16(21)10-15)17-8-3-4-9-24(17)19;3-2(4,5)1(6)7/h3-10,13-14H,11-12H2,1-2H3;(H,6,7). The number of carbonyl (C=O) groups excluding carboxylic acids is 1. The van der Waals surface area contributed by atoms with E-state index in [-0.39, 0.29) is 18.1 Å². The van der Waals surface area contributed by atoms with Gasteiger partial charge in [0.15, 0.2) is 0 Å². The quantitative estimate of drug-likeness (QED) is 0.578. The lowest BCUT2D eigenvalue weighted by atomic mass is 10.1. The average molecular weight is 484 g/mol. The predicted octanol–water partition coefficient (Wildman–Crippen LogP) is 4.54. The summed E-state index contributed by atoms with van der Waals surface area (Å²) in [7, 11) is 0. The van der Waals surface area contributed by atoms with Crippen LogP contribution in [0.3, 0.4) is 0 Å². The number of benzene rings is 1. The molecule has 1 aliphatic heterocycles. The van der Waals surface area contributed by atoms with Crippen LogP contribution < -0.4 is 0 Å². The zero-order valence-electron chi connectivity index (χ0n) is 17.7. The van der Waals surface area contributed by atoms with Crippen LogP contribution in [0.4, 0.5) is 13.2 Å². The van der Waals surface area contributed by atoms with Crippen LogP contribution >= 0.6 is 11.6 Å². The number of aliphatic carboxylic acids is 1. The van der Waals surface area contributed by atoms with Crippen molar-refractivity contribution >= 4 is 29.0 Å². The molecule has 2 unspecified atom stereocenters. The van der Waals surface area contributed by atoms with Crippen LogP contribution in [0.2, 0.25) is 5.02 Å². The largest absolute Gasteiger partial charge is 0.490 e. The lowest BCUT2D eigenvalue weighted by Crippen LogP contribution is -2.48. The van der Waals surface area contributed by atoms with E-state index in [0.29, 0.717) is 23.9 Å². The van der Waals surface area contributed by atoms with Gasteiger partial charge >= 0.3 is 12.1 Å². The molecule has 1 fully saturated rings. The molecule has 176 valence electrons. The Morgan fingerprint density at radius 2 is 1.76 bits per heavy atom. The number of carboxylic acid groups (broad SMARTS) is 1. The van der Waals surface area contributed by atoms with Gasteiger partial charge in [0.1, 0.15) is 0 Å². The van der Waals surface area contributed by atoms with Gasteiger partial charge in [-0.25, -0.2) is 9.78 Å². The maximum Gasteiger partial charge on any atom is 0.490 e. The fourth-order valence-electron chi connectivity index (χ4n) is 3.52. The molecule has 1 saturated heterocycles. The zero-order valence-corrected chi connectivity index (χ0v) is 18.5. The molecule has 1 aromatic carbocycles. The second kappa shape index (κ2) is 9.80. The highest BCUT2D eigenvalue weighted by atomic mass is 35.5. The smallest absolute Gasteiger partial charge is 0.475 e. The fraction of sp³-hybridized carbons (Fsp3) is 0.318. The van der Waals surface area contributed by atoms with Crippen molar-refractivity contribution < 1.29 is 32.6 Å². The number of aromatic nitrogens is 2. The molecule has 0 aliphatic carbocycles. The van der Waals surface area contributed by atoms with Crippen molar-refractivity contribution in [3.05, 3.63) is 59.5 Å². The van der Waals surface area contributed by atoms with E-state index in [9.17, 15) is 18.0 Å². The molecule has 1 amide bonds. The monoisotopic (exact) mass is 483 g/mol. The van der Waals surface area contributed by atoms with Gasteiger partial charge in [-0.3, -0.25) is 9.20 Å². The molecule has 33 heavy (non-hydrogen) atoms. The normalized spacial score (nSPS) is 18.5. The highest BCUT2D eigenvalue weighted by Gasteiger charge is 2.38. The fourth-order valence-corrected chi connectivity index (χ4v) is 3.71. The second-order valence-corrected chi connectivity index (χ2v) is 7.96. The third-order valence-electron chi connectivity index (χ3n) is 4.79. The summed E-state index contributed by atoms with van der Waals surface area (Å²) in [6, 6.07) is 13.3. The first-order valence-corrected chi connectivity index (χ1v) is 10.3. The number of ether oxygens (including phenoxy) is 1. The van der Waals surface area contributed by atoms with Crippen LogP contribution in [0.5, 0.6) is 0 Å². The molecule has 1 N–H and O–H groups in total. The van der Waals surface area contributed by atoms with E-state index in [1.165, 1.54) is 0 Å². The number of carboxylic acids is 1. The Kier molecular flexibility index (Phi) is 7.28. The van der Waals surface area contributed by atoms with Crippen LogP contribution in [0.1, 0.15) is 24.5 Å². The summed E-state index contributed by atoms with van der Waals surface area (Å²) < 4.78 is 39.3. The maximum absolute atomic E-state index is 13.2. The van der Waals surface area contributed by atoms with E-state index >= 15 is 0 Å². The summed E-state index contributed by atoms with van der Waals surface area (Å²) in [4.78, 5) is 28.6. The number of fused-ring (bicyclic) bond motifs is 1. The molecule has 0 spiro atoms. The van der Waals surface area contributed by atoms with Crippen molar-refractivity contribution in [2.75, 3.05) is 13.1 Å². The number of rotatable bonds is 2. The van der Waals surface area contributed by atoms with Gasteiger partial charge in [-0.15, -0.1) is 0 Å². The number of hydrogen-bond donors (Lipinski definition) is 1. The van der Waals surface area contributed by atoms with E-state index < -0.39 is 12.1 Å². The van der Waals surface area contributed by atoms with E-state index in [1.807, 2.05) is 71.8 Å². The van der Waals surface area contributed by atoms with Gasteiger partial charge in [0.25, 0.3) is 5.91 Å². The van der Waals surface area contributed by atoms with Crippen molar-refractivity contribution in [1.82, 2.24) is 14.3 Å². The molecule has 11 heteroatoms. The molecule has 0 bridgehead atoms. The highest BCUT2D eigenvalue weighted by Crippen LogP contribution is 2.28. The van der Waals surface area contributed by atoms with Gasteiger partial charge in [-0.1, -0.05) is 29.8 Å². The lowest BCUT2D eigenvalue weighted by molar-refractivity contribution is -0.192. The SMILES string of the molecule is CC1CN(C(=O)c2nc(-c3cccc(Cl)c3)c3ccccn23)CC(C)O1.O=C(O)C(F)(F)F. The Balaban J connectivity index is 0.000000383. The Hall–Kier alpha value is -3.11. The summed E-state index contributed by atoms with van der Waals surface area (Å²) in [5.41, 5.74) is 2.53. The molecule has 2 atom stereocenters. The third kappa shape index (κ3) is 5.82. The highest BCUT2D eigenvalue weighted by molar-refractivity contribution is 6.30. The maximum atomic E-state index is 13.2. The van der Waals surface area contributed by atoms with Crippen LogP contribution in [0.25, 0.3) is 16.8 Å². The third-order valence-corrected chi connectivity index (χ3v) is 5.02. The Morgan fingerprint density at radius 3 is 2.33 bits per heavy atom. The number of halogens is 4. The molecule has 7 nitrogen and oxygen atoms in total. The first-order valence-electron chi connectivity index (χ1n) is 9.95. The molecular formula is C22H21ClF3N3O4. The van der Waals surface area contributed by atoms with Crippen molar-refractivity contribution in [1.29, 1.82) is 0 Å². The number of hydrogen-bond acceptors (Lipinski definition) is 4. The summed E-state index contributed by atoms with van der Waals surface area (Å²) >= 11 is 6.15. The molecular weight excluding hydrogens is 463 g/mol. The van der Waals surface area contributed by atoms with Crippen molar-refractivity contribution in [3.8, 4) is 11.3 Å². The van der Waals surface area contributed by atoms with Crippen molar-refractivity contribution in [2.45, 2.75) is 32.2 Å². The summed E-state index contributed by atoms with van der Waals surface area (Å²) in [5, 5.41) is 7.77. The molecule has 1 aliphatic rings. The van der Waals surface area contributed by atoms with Gasteiger partial charge in [0.2, 0.25) is 5.82 Å². The van der Waals surface area contributed by atoms with Crippen LogP contribution in [-0.2, 0) is 9.53 Å². The minimum absolute atomic E-state index is 0.0151. The molecule has 3 heterocycles. The lowest BCUT2D eigenvalue weighted by Gasteiger charge is -2.34. The zero-order chi connectivity index (χ0) is 24.3. The molecule has 2 aromatic heterocycles. The first kappa shape index (κ1) is 24.5. The van der Waals surface area contributed by atoms with Crippen LogP contribution in [0, 0.1) is 0 Å². The summed E-state index contributed by atoms with van der Waals surface area (Å²) in [5.74, 6) is -2.43. The number of pyridine rings is 1. The molecule has 0 saturated carbocycles. The van der Waals surface area contributed by atoms with Crippen LogP contribution in [-0.4, -0.2) is 62.7 Å². The van der Waals surface area contributed by atoms with Crippen molar-refractivity contribution in [2.24, 2.45) is 0 Å². The van der Waals surface area contributed by atoms with Gasteiger partial charge in [0, 0.05) is 29.9 Å². The minimum Gasteiger partial charge on any atom is -0.475 e. The average Bonchev–Trinajstić information content (AvgIpc) is 3.12. The molecule has 4 rings (SSSR count). The Labute approximate surface area is 192 Å². The summed E-state index contributed by atoms with van der Waals surface area (Å²) in [6.45, 7) is 5.10. The number of nitrogens with zero attached hydrogens (tertiary/aromatic N) is 3. The van der Waals surface area contributed by atoms with Gasteiger partial charge in [-0.2, -0.15) is 13.2 Å². The number of alkyl halides is 3. The number of carbonyl (C=O) groups is 2. The van der Waals surface area contributed by atoms with E-state index in [4.69, 9.17) is 31.2 Å². The van der Waals surface area contributed by atoms with Gasteiger partial charge < -0.3 is 14.7 Å². The first-order chi connectivity index (χ1) is 15.5. The second-order valence-electron chi connectivity index (χ2n) is 7.52. The molecule has 3 aromatic rings. The van der Waals surface area contributed by atoms with Crippen molar-refractivity contribution in [3.63, 3.8) is 0 Å². The Morgan fingerprint density at radius 1 is 1.12 bits per heavy atom. The van der Waals surface area contributed by atoms with Gasteiger partial charge in [-0.05, 0) is 38.1 Å². The molecule has 0 radical (unpaired) electrons. The van der Waals surface area contributed by atoms with E-state index in [1.54, 1.807) is 0 Å². The van der Waals surface area contributed by atoms with E-state index in [2.05, 4.69) is 0 Å². The number of imidazole rings is 1. The number of morpholine rings is 1. The van der Waals surface area contributed by atoms with Gasteiger partial charge in [0.05, 0.1) is 23.4 Å². The van der Waals surface area contributed by atoms with E-state index in [0.717, 1.165) is 16.8 Å². The topological polar surface area (TPSA) is 84.1 Å². The minimum atomic E-state index is -5.08. The van der Waals surface area contributed by atoms with Crippen LogP contribution in [0.15, 0.2) is 48.7 Å². The Bertz CT molecular complexity index is 1160. The number of amides is 1.